The molecule has 2 aliphatic heterocycles. The zero-order valence-corrected chi connectivity index (χ0v) is 30.2. The number of halogens is 4. The summed E-state index contributed by atoms with van der Waals surface area (Å²) < 4.78 is 53.3. The molecule has 0 aromatic carbocycles. The number of thiazole rings is 1. The molecule has 5 heterocycles. The van der Waals surface area contributed by atoms with E-state index in [9.17, 15) is 26.4 Å². The van der Waals surface area contributed by atoms with Crippen LogP contribution in [0.15, 0.2) is 46.9 Å². The maximum absolute atomic E-state index is 13.1. The molecular formula is C28H30Cl4N6O6S3. The fraction of sp³-hybridized carbons (Fsp3) is 0.393. The molecule has 2 fully saturated rings. The third kappa shape index (κ3) is 10.2. The van der Waals surface area contributed by atoms with Crippen molar-refractivity contribution in [2.75, 3.05) is 37.2 Å². The molecule has 0 bridgehead atoms. The number of aromatic nitrogens is 3. The van der Waals surface area contributed by atoms with E-state index in [-0.39, 0.29) is 31.7 Å². The largest absolute Gasteiger partial charge is 0.337 e. The van der Waals surface area contributed by atoms with Crippen LogP contribution in [0.1, 0.15) is 59.2 Å². The lowest BCUT2D eigenvalue weighted by molar-refractivity contribution is 0.101. The molecule has 47 heavy (non-hydrogen) atoms. The fourth-order valence-corrected chi connectivity index (χ4v) is 9.17. The number of allylic oxidation sites excluding steroid dienone is 1. The molecule has 0 atom stereocenters. The lowest BCUT2D eigenvalue weighted by atomic mass is 10.2. The van der Waals surface area contributed by atoms with E-state index in [0.717, 1.165) is 44.7 Å². The van der Waals surface area contributed by atoms with Crippen LogP contribution >= 0.6 is 57.7 Å². The number of nitrogens with zero attached hydrogens (tertiary/aromatic N) is 5. The minimum Gasteiger partial charge on any atom is -0.337 e. The highest BCUT2D eigenvalue weighted by Crippen LogP contribution is 2.27. The monoisotopic (exact) mass is 782 g/mol. The summed E-state index contributed by atoms with van der Waals surface area (Å²) in [5.41, 5.74) is 0.0468. The highest BCUT2D eigenvalue weighted by molar-refractivity contribution is 7.94. The average molecular weight is 785 g/mol. The maximum atomic E-state index is 13.1. The summed E-state index contributed by atoms with van der Waals surface area (Å²) in [6.07, 6.45) is 7.88. The van der Waals surface area contributed by atoms with Crippen LogP contribution in [0.3, 0.4) is 0 Å². The Hall–Kier alpha value is -2.21. The Balaban J connectivity index is 0.000000223. The van der Waals surface area contributed by atoms with Gasteiger partial charge in [-0.25, -0.2) is 36.1 Å². The number of pyridine rings is 2. The second-order valence-corrected chi connectivity index (χ2v) is 16.6. The van der Waals surface area contributed by atoms with Crippen LogP contribution < -0.4 is 5.32 Å². The first kappa shape index (κ1) is 37.6. The number of hydrogen-bond donors (Lipinski definition) is 1. The second kappa shape index (κ2) is 16.9. The third-order valence-corrected chi connectivity index (χ3v) is 12.5. The molecule has 0 radical (unpaired) electrons. The van der Waals surface area contributed by atoms with Crippen molar-refractivity contribution in [2.45, 2.75) is 38.5 Å². The van der Waals surface area contributed by atoms with Gasteiger partial charge in [0.15, 0.2) is 10.9 Å². The van der Waals surface area contributed by atoms with E-state index >= 15 is 0 Å². The summed E-state index contributed by atoms with van der Waals surface area (Å²) in [7, 11) is -7.60. The van der Waals surface area contributed by atoms with Crippen LogP contribution in [-0.4, -0.2) is 83.9 Å². The van der Waals surface area contributed by atoms with Crippen molar-refractivity contribution >= 4 is 94.5 Å². The molecule has 0 saturated carbocycles. The Morgan fingerprint density at radius 2 is 1.32 bits per heavy atom. The molecule has 0 aliphatic carbocycles. The average Bonchev–Trinajstić information content (AvgIpc) is 3.55. The molecule has 2 saturated heterocycles. The minimum absolute atomic E-state index is 0.0335. The van der Waals surface area contributed by atoms with Crippen molar-refractivity contribution in [1.82, 2.24) is 23.6 Å². The number of piperidine rings is 2. The van der Waals surface area contributed by atoms with Crippen molar-refractivity contribution in [3.8, 4) is 0 Å². The van der Waals surface area contributed by atoms with E-state index in [4.69, 9.17) is 46.4 Å². The predicted molar refractivity (Wildman–Crippen MR) is 185 cm³/mol. The first-order valence-corrected chi connectivity index (χ1v) is 19.8. The molecule has 0 amide bonds. The first-order chi connectivity index (χ1) is 22.3. The Morgan fingerprint density at radius 1 is 0.787 bits per heavy atom. The second-order valence-electron chi connectivity index (χ2n) is 10.4. The smallest absolute Gasteiger partial charge is 0.248 e. The Labute approximate surface area is 297 Å². The maximum Gasteiger partial charge on any atom is 0.248 e. The zero-order valence-electron chi connectivity index (χ0n) is 24.7. The Kier molecular flexibility index (Phi) is 13.6. The van der Waals surface area contributed by atoms with Gasteiger partial charge >= 0.3 is 0 Å². The zero-order chi connectivity index (χ0) is 34.2. The number of nitrogens with one attached hydrogen (secondary N) is 1. The quantitative estimate of drug-likeness (QED) is 0.143. The van der Waals surface area contributed by atoms with Gasteiger partial charge in [0.25, 0.3) is 0 Å². The molecule has 2 aliphatic rings. The van der Waals surface area contributed by atoms with Crippen molar-refractivity contribution in [2.24, 2.45) is 0 Å². The Bertz CT molecular complexity index is 1830. The summed E-state index contributed by atoms with van der Waals surface area (Å²) >= 11 is 24.5. The predicted octanol–water partition coefficient (Wildman–Crippen LogP) is 6.18. The summed E-state index contributed by atoms with van der Waals surface area (Å²) in [5, 5.41) is 5.03. The van der Waals surface area contributed by atoms with Gasteiger partial charge in [-0.05, 0) is 49.9 Å². The van der Waals surface area contributed by atoms with E-state index in [1.54, 1.807) is 11.6 Å². The Morgan fingerprint density at radius 3 is 1.83 bits per heavy atom. The molecule has 0 unspecified atom stereocenters. The molecule has 12 nitrogen and oxygen atoms in total. The van der Waals surface area contributed by atoms with E-state index in [1.807, 2.05) is 0 Å². The van der Waals surface area contributed by atoms with Crippen molar-refractivity contribution in [3.63, 3.8) is 0 Å². The van der Waals surface area contributed by atoms with Crippen LogP contribution in [-0.2, 0) is 20.0 Å². The third-order valence-electron chi connectivity index (χ3n) is 7.11. The van der Waals surface area contributed by atoms with Gasteiger partial charge < -0.3 is 5.32 Å². The minimum atomic E-state index is -4.01. The molecular weight excluding hydrogens is 754 g/mol. The fourth-order valence-electron chi connectivity index (χ4n) is 4.74. The van der Waals surface area contributed by atoms with Gasteiger partial charge in [-0.3, -0.25) is 9.59 Å². The normalized spacial score (nSPS) is 16.6. The number of Topliss-reactive ketones (excluding diaryl/α,β-unsaturated/α-hetero) is 2. The number of carbonyl (C=O) groups is 2. The van der Waals surface area contributed by atoms with Crippen LogP contribution in [0.4, 0.5) is 5.13 Å². The van der Waals surface area contributed by atoms with Gasteiger partial charge in [0, 0.05) is 44.0 Å². The van der Waals surface area contributed by atoms with Crippen LogP contribution in [0.2, 0.25) is 20.6 Å². The number of anilines is 1. The number of carbonyl (C=O) groups excluding carboxylic acids is 2. The van der Waals surface area contributed by atoms with Crippen LogP contribution in [0.25, 0.3) is 0 Å². The van der Waals surface area contributed by atoms with E-state index in [2.05, 4.69) is 20.3 Å². The number of sulfonamides is 2. The molecule has 19 heteroatoms. The van der Waals surface area contributed by atoms with Crippen LogP contribution in [0, 0.1) is 0 Å². The summed E-state index contributed by atoms with van der Waals surface area (Å²) in [4.78, 5) is 36.3. The molecule has 254 valence electrons. The number of hydrogen-bond acceptors (Lipinski definition) is 11. The lowest BCUT2D eigenvalue weighted by Gasteiger charge is -2.26. The summed E-state index contributed by atoms with van der Waals surface area (Å²) in [5.74, 6) is -1.90. The highest BCUT2D eigenvalue weighted by Gasteiger charge is 2.34. The van der Waals surface area contributed by atoms with Gasteiger partial charge in [0.05, 0.1) is 11.1 Å². The van der Waals surface area contributed by atoms with Crippen molar-refractivity contribution in [1.29, 1.82) is 0 Å². The summed E-state index contributed by atoms with van der Waals surface area (Å²) in [6.45, 7) is 1.69. The number of ketones is 2. The van der Waals surface area contributed by atoms with Gasteiger partial charge in [0.1, 0.15) is 31.3 Å². The van der Waals surface area contributed by atoms with Gasteiger partial charge in [-0.15, -0.1) is 11.3 Å². The lowest BCUT2D eigenvalue weighted by Crippen LogP contribution is -2.39. The van der Waals surface area contributed by atoms with E-state index in [0.29, 0.717) is 31.3 Å². The summed E-state index contributed by atoms with van der Waals surface area (Å²) in [6, 6.07) is 5.56. The molecule has 0 spiro atoms. The van der Waals surface area contributed by atoms with E-state index < -0.39 is 42.3 Å². The number of rotatable bonds is 10. The van der Waals surface area contributed by atoms with Gasteiger partial charge in [-0.2, -0.15) is 4.31 Å². The molecule has 3 aromatic rings. The topological polar surface area (TPSA) is 160 Å². The SMILES string of the molecule is O=C(C(=CNc1nccs1)S(=O)(=O)N1CCCCC1)c1ccc(Cl)nc1Cl.O=C(CS(=O)(=O)N1CCCCC1)c1ccc(Cl)nc1Cl. The van der Waals surface area contributed by atoms with Gasteiger partial charge in [0.2, 0.25) is 25.8 Å². The molecule has 1 N–H and O–H groups in total. The van der Waals surface area contributed by atoms with Crippen molar-refractivity contribution < 1.29 is 26.4 Å². The van der Waals surface area contributed by atoms with Crippen molar-refractivity contribution in [3.05, 3.63) is 78.7 Å². The van der Waals surface area contributed by atoms with Gasteiger partial charge in [-0.1, -0.05) is 59.2 Å². The standard InChI is InChI=1S/C16H16Cl2N4O3S2.C12H14Cl2N2O3S/c17-13-5-4-11(15(18)21-13)14(23)12(10-20-16-19-6-9-26-16)27(24,25)22-7-2-1-3-8-22;13-11-5-4-9(12(14)15-11)10(17)8-20(18,19)16-6-2-1-3-7-16/h4-6,9-10H,1-3,7-8H2,(H,19,20);4-5H,1-3,6-8H2. The van der Waals surface area contributed by atoms with E-state index in [1.165, 1.54) is 44.2 Å². The molecule has 3 aromatic heterocycles. The molecule has 5 rings (SSSR count). The highest BCUT2D eigenvalue weighted by atomic mass is 35.5. The first-order valence-electron chi connectivity index (χ1n) is 14.4. The van der Waals surface area contributed by atoms with Crippen LogP contribution in [0.5, 0.6) is 0 Å².